The first-order chi connectivity index (χ1) is 5.65. The maximum Gasteiger partial charge on any atom is 0.278 e. The average molecular weight is 162 g/mol. The Morgan fingerprint density at radius 1 is 1.58 bits per heavy atom. The molecule has 0 saturated heterocycles. The molecule has 0 unspecified atom stereocenters. The molecular formula is C8H6N2O2. The average Bonchev–Trinajstić information content (AvgIpc) is 2.03. The van der Waals surface area contributed by atoms with E-state index in [0.29, 0.717) is 0 Å². The van der Waals surface area contributed by atoms with Crippen molar-refractivity contribution in [3.05, 3.63) is 45.3 Å². The topological polar surface area (TPSA) is 47.5 Å². The van der Waals surface area contributed by atoms with Gasteiger partial charge in [0.1, 0.15) is 0 Å². The molecule has 60 valence electrons. The minimum absolute atomic E-state index is 0.0972. The Hall–Kier alpha value is -1.89. The lowest BCUT2D eigenvalue weighted by Crippen LogP contribution is -1.87. The van der Waals surface area contributed by atoms with Crippen LogP contribution in [-0.2, 0) is 0 Å². The minimum Gasteiger partial charge on any atom is -0.260 e. The molecule has 12 heavy (non-hydrogen) atoms. The van der Waals surface area contributed by atoms with Gasteiger partial charge >= 0.3 is 0 Å². The summed E-state index contributed by atoms with van der Waals surface area (Å²) in [5.74, 6) is 0. The number of nitro groups is 1. The Morgan fingerprint density at radius 2 is 2.25 bits per heavy atom. The van der Waals surface area contributed by atoms with Crippen molar-refractivity contribution < 1.29 is 4.92 Å². The maximum absolute atomic E-state index is 10.4. The highest BCUT2D eigenvalue weighted by Gasteiger charge is 2.12. The van der Waals surface area contributed by atoms with E-state index in [1.807, 2.05) is 0 Å². The minimum atomic E-state index is -0.549. The van der Waals surface area contributed by atoms with Crippen molar-refractivity contribution in [2.45, 2.75) is 6.92 Å². The first-order valence-electron chi connectivity index (χ1n) is 3.27. The zero-order valence-electron chi connectivity index (χ0n) is 6.44. The molecule has 1 aromatic rings. The number of nitro benzene ring substituents is 1. The highest BCUT2D eigenvalue weighted by molar-refractivity contribution is 5.63. The van der Waals surface area contributed by atoms with Crippen molar-refractivity contribution >= 4 is 11.4 Å². The fourth-order valence-electron chi connectivity index (χ4n) is 0.877. The molecule has 0 aliphatic rings. The molecule has 4 nitrogen and oxygen atoms in total. The number of hydrogen-bond acceptors (Lipinski definition) is 2. The van der Waals surface area contributed by atoms with Gasteiger partial charge in [0.15, 0.2) is 0 Å². The lowest BCUT2D eigenvalue weighted by molar-refractivity contribution is -0.383. The largest absolute Gasteiger partial charge is 0.278 e. The smallest absolute Gasteiger partial charge is 0.260 e. The summed E-state index contributed by atoms with van der Waals surface area (Å²) >= 11 is 0. The van der Waals surface area contributed by atoms with Crippen molar-refractivity contribution in [2.75, 3.05) is 0 Å². The Morgan fingerprint density at radius 3 is 2.75 bits per heavy atom. The van der Waals surface area contributed by atoms with Crippen LogP contribution in [-0.4, -0.2) is 4.92 Å². The highest BCUT2D eigenvalue weighted by atomic mass is 16.6. The van der Waals surface area contributed by atoms with E-state index < -0.39 is 4.92 Å². The molecule has 0 N–H and O–H groups in total. The van der Waals surface area contributed by atoms with Crippen LogP contribution in [0.1, 0.15) is 5.56 Å². The number of aryl methyl sites for hydroxylation is 1. The van der Waals surface area contributed by atoms with Crippen LogP contribution in [0.5, 0.6) is 0 Å². The molecule has 0 bridgehead atoms. The van der Waals surface area contributed by atoms with Gasteiger partial charge in [-0.3, -0.25) is 10.1 Å². The van der Waals surface area contributed by atoms with Crippen LogP contribution >= 0.6 is 0 Å². The SMILES string of the molecule is [C-]#[N+]c1cc(C)ccc1[N+](=O)[O-]. The molecule has 0 saturated carbocycles. The molecule has 0 atom stereocenters. The quantitative estimate of drug-likeness (QED) is 0.361. The van der Waals surface area contributed by atoms with Gasteiger partial charge in [-0.25, -0.2) is 4.85 Å². The van der Waals surface area contributed by atoms with Crippen molar-refractivity contribution in [2.24, 2.45) is 0 Å². The first kappa shape index (κ1) is 8.21. The van der Waals surface area contributed by atoms with E-state index in [1.54, 1.807) is 13.0 Å². The molecule has 0 radical (unpaired) electrons. The summed E-state index contributed by atoms with van der Waals surface area (Å²) < 4.78 is 0. The predicted molar refractivity (Wildman–Crippen MR) is 44.1 cm³/mol. The highest BCUT2D eigenvalue weighted by Crippen LogP contribution is 2.27. The Bertz CT molecular complexity index is 366. The van der Waals surface area contributed by atoms with E-state index in [4.69, 9.17) is 6.57 Å². The van der Waals surface area contributed by atoms with Crippen LogP contribution in [0.25, 0.3) is 4.85 Å². The molecule has 0 aliphatic heterocycles. The summed E-state index contributed by atoms with van der Waals surface area (Å²) in [6.07, 6.45) is 0. The third-order valence-electron chi connectivity index (χ3n) is 1.45. The Kier molecular flexibility index (Phi) is 2.06. The maximum atomic E-state index is 10.4. The van der Waals surface area contributed by atoms with E-state index in [0.717, 1.165) is 5.56 Å². The van der Waals surface area contributed by atoms with Crippen molar-refractivity contribution in [1.82, 2.24) is 0 Å². The first-order valence-corrected chi connectivity index (χ1v) is 3.27. The van der Waals surface area contributed by atoms with E-state index in [1.165, 1.54) is 12.1 Å². The Balaban J connectivity index is 3.32. The molecule has 1 aromatic carbocycles. The van der Waals surface area contributed by atoms with Gasteiger partial charge in [-0.2, -0.15) is 0 Å². The number of hydrogen-bond donors (Lipinski definition) is 0. The van der Waals surface area contributed by atoms with E-state index in [9.17, 15) is 10.1 Å². The number of benzene rings is 1. The van der Waals surface area contributed by atoms with E-state index >= 15 is 0 Å². The third kappa shape index (κ3) is 1.40. The van der Waals surface area contributed by atoms with Crippen LogP contribution in [0.3, 0.4) is 0 Å². The van der Waals surface area contributed by atoms with Gasteiger partial charge in [0.25, 0.3) is 11.4 Å². The molecule has 1 rings (SSSR count). The van der Waals surface area contributed by atoms with Gasteiger partial charge in [0.2, 0.25) is 0 Å². The Labute approximate surface area is 69.4 Å². The second-order valence-corrected chi connectivity index (χ2v) is 2.36. The van der Waals surface area contributed by atoms with Gasteiger partial charge in [0.05, 0.1) is 11.5 Å². The molecular weight excluding hydrogens is 156 g/mol. The number of rotatable bonds is 1. The van der Waals surface area contributed by atoms with Gasteiger partial charge in [0, 0.05) is 6.07 Å². The van der Waals surface area contributed by atoms with E-state index in [-0.39, 0.29) is 11.4 Å². The molecule has 0 fully saturated rings. The monoisotopic (exact) mass is 162 g/mol. The van der Waals surface area contributed by atoms with Gasteiger partial charge in [-0.05, 0) is 13.0 Å². The number of nitrogens with zero attached hydrogens (tertiary/aromatic N) is 2. The summed E-state index contributed by atoms with van der Waals surface area (Å²) in [5, 5.41) is 10.4. The molecule has 0 amide bonds. The summed E-state index contributed by atoms with van der Waals surface area (Å²) in [6.45, 7) is 8.49. The fourth-order valence-corrected chi connectivity index (χ4v) is 0.877. The van der Waals surface area contributed by atoms with Crippen LogP contribution in [0.15, 0.2) is 18.2 Å². The molecule has 0 aromatic heterocycles. The summed E-state index contributed by atoms with van der Waals surface area (Å²) in [6, 6.07) is 4.47. The lowest BCUT2D eigenvalue weighted by atomic mass is 10.2. The zero-order valence-corrected chi connectivity index (χ0v) is 6.44. The second kappa shape index (κ2) is 3.01. The van der Waals surface area contributed by atoms with Gasteiger partial charge < -0.3 is 0 Å². The fraction of sp³-hybridized carbons (Fsp3) is 0.125. The molecule has 0 heterocycles. The standard InChI is InChI=1S/C8H6N2O2/c1-6-3-4-8(10(11)12)7(5-6)9-2/h3-5H,1H3. The van der Waals surface area contributed by atoms with Crippen LogP contribution < -0.4 is 0 Å². The normalized spacial score (nSPS) is 9.00. The van der Waals surface area contributed by atoms with Gasteiger partial charge in [-0.1, -0.05) is 11.6 Å². The predicted octanol–water partition coefficient (Wildman–Crippen LogP) is 2.45. The molecule has 0 aliphatic carbocycles. The second-order valence-electron chi connectivity index (χ2n) is 2.36. The van der Waals surface area contributed by atoms with Crippen molar-refractivity contribution in [1.29, 1.82) is 0 Å². The van der Waals surface area contributed by atoms with Crippen LogP contribution in [0.2, 0.25) is 0 Å². The van der Waals surface area contributed by atoms with Gasteiger partial charge in [-0.15, -0.1) is 0 Å². The summed E-state index contributed by atoms with van der Waals surface area (Å²) in [7, 11) is 0. The van der Waals surface area contributed by atoms with Crippen molar-refractivity contribution in [3.63, 3.8) is 0 Å². The van der Waals surface area contributed by atoms with Crippen LogP contribution in [0, 0.1) is 23.6 Å². The van der Waals surface area contributed by atoms with E-state index in [2.05, 4.69) is 4.85 Å². The third-order valence-corrected chi connectivity index (χ3v) is 1.45. The van der Waals surface area contributed by atoms with Crippen LogP contribution in [0.4, 0.5) is 11.4 Å². The summed E-state index contributed by atoms with van der Waals surface area (Å²) in [5.41, 5.74) is 0.821. The lowest BCUT2D eigenvalue weighted by Gasteiger charge is -1.95. The summed E-state index contributed by atoms with van der Waals surface area (Å²) in [4.78, 5) is 12.9. The molecule has 0 spiro atoms. The van der Waals surface area contributed by atoms with Crippen molar-refractivity contribution in [3.8, 4) is 0 Å². The zero-order chi connectivity index (χ0) is 9.14. The molecule has 4 heteroatoms.